The molecule has 0 aliphatic carbocycles. The lowest BCUT2D eigenvalue weighted by Crippen LogP contribution is -2.52. The number of ether oxygens (including phenoxy) is 1. The molecule has 1 fully saturated rings. The number of phenols is 1. The first-order valence-electron chi connectivity index (χ1n) is 8.25. The van der Waals surface area contributed by atoms with Crippen LogP contribution < -0.4 is 10.1 Å². The van der Waals surface area contributed by atoms with Gasteiger partial charge in [0.1, 0.15) is 11.5 Å². The van der Waals surface area contributed by atoms with Crippen molar-refractivity contribution in [3.05, 3.63) is 53.1 Å². The fraction of sp³-hybridized carbons (Fsp3) is 0.316. The molecule has 2 amide bonds. The van der Waals surface area contributed by atoms with E-state index in [1.807, 2.05) is 13.0 Å². The van der Waals surface area contributed by atoms with Gasteiger partial charge in [-0.3, -0.25) is 0 Å². The highest BCUT2D eigenvalue weighted by Crippen LogP contribution is 2.23. The van der Waals surface area contributed by atoms with Crippen molar-refractivity contribution in [3.63, 3.8) is 0 Å². The van der Waals surface area contributed by atoms with Gasteiger partial charge in [-0.1, -0.05) is 11.6 Å². The Morgan fingerprint density at radius 2 is 2.00 bits per heavy atom. The summed E-state index contributed by atoms with van der Waals surface area (Å²) in [7, 11) is 0. The standard InChI is InChI=1S/C19H21ClN2O3/c1-13-10-15(2-7-18(13)20)21-19(24)22-11-14(12-22)8-9-25-17-5-3-16(23)4-6-17/h2-7,10,14,23H,8-9,11-12H2,1H3,(H,21,24). The number of nitrogens with one attached hydrogen (secondary N) is 1. The van der Waals surface area contributed by atoms with Gasteiger partial charge in [-0.05, 0) is 67.3 Å². The molecular formula is C19H21ClN2O3. The molecule has 3 rings (SSSR count). The van der Waals surface area contributed by atoms with E-state index >= 15 is 0 Å². The highest BCUT2D eigenvalue weighted by atomic mass is 35.5. The number of urea groups is 1. The van der Waals surface area contributed by atoms with E-state index in [2.05, 4.69) is 5.32 Å². The van der Waals surface area contributed by atoms with Gasteiger partial charge in [0.25, 0.3) is 0 Å². The predicted molar refractivity (Wildman–Crippen MR) is 98.5 cm³/mol. The number of benzene rings is 2. The van der Waals surface area contributed by atoms with Crippen LogP contribution in [0.25, 0.3) is 0 Å². The van der Waals surface area contributed by atoms with E-state index in [-0.39, 0.29) is 11.8 Å². The number of carbonyl (C=O) groups excluding carboxylic acids is 1. The molecule has 5 nitrogen and oxygen atoms in total. The molecule has 1 aliphatic rings. The Morgan fingerprint density at radius 1 is 1.28 bits per heavy atom. The highest BCUT2D eigenvalue weighted by Gasteiger charge is 2.30. The first-order valence-corrected chi connectivity index (χ1v) is 8.63. The number of anilines is 1. The first-order chi connectivity index (χ1) is 12.0. The number of nitrogens with zero attached hydrogens (tertiary/aromatic N) is 1. The smallest absolute Gasteiger partial charge is 0.321 e. The Hall–Kier alpha value is -2.40. The van der Waals surface area contributed by atoms with E-state index in [9.17, 15) is 9.90 Å². The van der Waals surface area contributed by atoms with Crippen LogP contribution >= 0.6 is 11.6 Å². The normalized spacial score (nSPS) is 14.1. The molecule has 0 saturated carbocycles. The second-order valence-electron chi connectivity index (χ2n) is 6.30. The minimum absolute atomic E-state index is 0.0857. The van der Waals surface area contributed by atoms with Crippen LogP contribution in [0.4, 0.5) is 10.5 Å². The Morgan fingerprint density at radius 3 is 2.68 bits per heavy atom. The number of hydrogen-bond donors (Lipinski definition) is 2. The summed E-state index contributed by atoms with van der Waals surface area (Å²) in [5.41, 5.74) is 1.69. The van der Waals surface area contributed by atoms with Crippen LogP contribution in [0, 0.1) is 12.8 Å². The molecule has 0 aromatic heterocycles. The second kappa shape index (κ2) is 7.66. The quantitative estimate of drug-likeness (QED) is 0.836. The van der Waals surface area contributed by atoms with E-state index in [0.29, 0.717) is 17.5 Å². The Bertz CT molecular complexity index is 743. The van der Waals surface area contributed by atoms with E-state index < -0.39 is 0 Å². The summed E-state index contributed by atoms with van der Waals surface area (Å²) >= 11 is 5.99. The summed E-state index contributed by atoms with van der Waals surface area (Å²) < 4.78 is 5.64. The van der Waals surface area contributed by atoms with Crippen LogP contribution in [0.15, 0.2) is 42.5 Å². The van der Waals surface area contributed by atoms with Gasteiger partial charge in [-0.25, -0.2) is 4.79 Å². The van der Waals surface area contributed by atoms with E-state index in [1.54, 1.807) is 41.3 Å². The second-order valence-corrected chi connectivity index (χ2v) is 6.70. The van der Waals surface area contributed by atoms with Crippen molar-refractivity contribution in [1.29, 1.82) is 0 Å². The fourth-order valence-corrected chi connectivity index (χ4v) is 2.85. The van der Waals surface area contributed by atoms with Crippen LogP contribution in [0.2, 0.25) is 5.02 Å². The number of aromatic hydroxyl groups is 1. The maximum absolute atomic E-state index is 12.2. The number of rotatable bonds is 5. The molecule has 2 aromatic rings. The third kappa shape index (κ3) is 4.57. The van der Waals surface area contributed by atoms with Crippen molar-refractivity contribution in [2.24, 2.45) is 5.92 Å². The highest BCUT2D eigenvalue weighted by molar-refractivity contribution is 6.31. The Balaban J connectivity index is 1.37. The lowest BCUT2D eigenvalue weighted by Gasteiger charge is -2.39. The molecular weight excluding hydrogens is 340 g/mol. The van der Waals surface area contributed by atoms with E-state index in [0.717, 1.165) is 36.5 Å². The minimum atomic E-state index is -0.0857. The van der Waals surface area contributed by atoms with Gasteiger partial charge in [0.15, 0.2) is 0 Å². The molecule has 0 unspecified atom stereocenters. The van der Waals surface area contributed by atoms with Crippen molar-refractivity contribution in [1.82, 2.24) is 4.90 Å². The van der Waals surface area contributed by atoms with Crippen molar-refractivity contribution in [3.8, 4) is 11.5 Å². The summed E-state index contributed by atoms with van der Waals surface area (Å²) in [6, 6.07) is 12.0. The van der Waals surface area contributed by atoms with Crippen molar-refractivity contribution < 1.29 is 14.6 Å². The molecule has 132 valence electrons. The van der Waals surface area contributed by atoms with Crippen molar-refractivity contribution in [2.45, 2.75) is 13.3 Å². The maximum Gasteiger partial charge on any atom is 0.321 e. The SMILES string of the molecule is Cc1cc(NC(=O)N2CC(CCOc3ccc(O)cc3)C2)ccc1Cl. The van der Waals surface area contributed by atoms with Crippen LogP contribution in [0.1, 0.15) is 12.0 Å². The van der Waals surface area contributed by atoms with Crippen molar-refractivity contribution in [2.75, 3.05) is 25.0 Å². The molecule has 6 heteroatoms. The number of halogens is 1. The largest absolute Gasteiger partial charge is 0.508 e. The number of likely N-dealkylation sites (tertiary alicyclic amines) is 1. The van der Waals surface area contributed by atoms with E-state index in [4.69, 9.17) is 16.3 Å². The molecule has 0 atom stereocenters. The maximum atomic E-state index is 12.2. The van der Waals surface area contributed by atoms with Gasteiger partial charge in [-0.15, -0.1) is 0 Å². The molecule has 1 aliphatic heterocycles. The van der Waals surface area contributed by atoms with Gasteiger partial charge in [0, 0.05) is 23.8 Å². The van der Waals surface area contributed by atoms with Crippen LogP contribution in [-0.2, 0) is 0 Å². The molecule has 25 heavy (non-hydrogen) atoms. The van der Waals surface area contributed by atoms with Gasteiger partial charge in [0.05, 0.1) is 6.61 Å². The fourth-order valence-electron chi connectivity index (χ4n) is 2.73. The summed E-state index contributed by atoms with van der Waals surface area (Å²) in [6.07, 6.45) is 0.894. The van der Waals surface area contributed by atoms with Crippen LogP contribution in [-0.4, -0.2) is 35.7 Å². The zero-order chi connectivity index (χ0) is 17.8. The zero-order valence-corrected chi connectivity index (χ0v) is 14.8. The molecule has 1 saturated heterocycles. The summed E-state index contributed by atoms with van der Waals surface area (Å²) in [6.45, 7) is 3.97. The average Bonchev–Trinajstić information content (AvgIpc) is 2.54. The average molecular weight is 361 g/mol. The molecule has 0 radical (unpaired) electrons. The Labute approximate surface area is 152 Å². The number of carbonyl (C=O) groups is 1. The van der Waals surface area contributed by atoms with E-state index in [1.165, 1.54) is 0 Å². The summed E-state index contributed by atoms with van der Waals surface area (Å²) in [5, 5.41) is 12.8. The molecule has 0 bridgehead atoms. The number of aryl methyl sites for hydroxylation is 1. The number of hydrogen-bond acceptors (Lipinski definition) is 3. The minimum Gasteiger partial charge on any atom is -0.508 e. The predicted octanol–water partition coefficient (Wildman–Crippen LogP) is 4.29. The third-order valence-electron chi connectivity index (χ3n) is 4.29. The molecule has 1 heterocycles. The number of phenolic OH excluding ortho intramolecular Hbond substituents is 1. The summed E-state index contributed by atoms with van der Waals surface area (Å²) in [5.74, 6) is 1.42. The zero-order valence-electron chi connectivity index (χ0n) is 14.0. The van der Waals surface area contributed by atoms with Crippen LogP contribution in [0.3, 0.4) is 0 Å². The first kappa shape index (κ1) is 17.4. The summed E-state index contributed by atoms with van der Waals surface area (Å²) in [4.78, 5) is 14.0. The van der Waals surface area contributed by atoms with Crippen LogP contribution in [0.5, 0.6) is 11.5 Å². The van der Waals surface area contributed by atoms with Gasteiger partial charge < -0.3 is 20.1 Å². The Kier molecular flexibility index (Phi) is 5.34. The van der Waals surface area contributed by atoms with Gasteiger partial charge in [0.2, 0.25) is 0 Å². The molecule has 2 N–H and O–H groups in total. The lowest BCUT2D eigenvalue weighted by atomic mass is 9.97. The monoisotopic (exact) mass is 360 g/mol. The third-order valence-corrected chi connectivity index (χ3v) is 4.71. The topological polar surface area (TPSA) is 61.8 Å². The lowest BCUT2D eigenvalue weighted by molar-refractivity contribution is 0.113. The molecule has 0 spiro atoms. The van der Waals surface area contributed by atoms with Crippen molar-refractivity contribution >= 4 is 23.3 Å². The molecule has 2 aromatic carbocycles. The van der Waals surface area contributed by atoms with Gasteiger partial charge >= 0.3 is 6.03 Å². The van der Waals surface area contributed by atoms with Gasteiger partial charge in [-0.2, -0.15) is 0 Å². The number of amides is 2.